The molecule has 2 atom stereocenters. The molecule has 0 saturated carbocycles. The molecule has 0 radical (unpaired) electrons. The first-order chi connectivity index (χ1) is 11.1. The Hall–Kier alpha value is -2.57. The van der Waals surface area contributed by atoms with Gasteiger partial charge in [-0.25, -0.2) is 4.79 Å². The van der Waals surface area contributed by atoms with Crippen LogP contribution in [0.5, 0.6) is 0 Å². The summed E-state index contributed by atoms with van der Waals surface area (Å²) in [6.45, 7) is 1.75. The van der Waals surface area contributed by atoms with E-state index in [0.29, 0.717) is 26.2 Å². The van der Waals surface area contributed by atoms with E-state index in [1.807, 2.05) is 24.3 Å². The maximum atomic E-state index is 12.4. The van der Waals surface area contributed by atoms with E-state index in [4.69, 9.17) is 4.74 Å². The van der Waals surface area contributed by atoms with Gasteiger partial charge in [-0.05, 0) is 12.1 Å². The Kier molecular flexibility index (Phi) is 3.21. The van der Waals surface area contributed by atoms with Gasteiger partial charge in [0.05, 0.1) is 23.6 Å². The van der Waals surface area contributed by atoms with Crippen molar-refractivity contribution in [2.45, 2.75) is 13.0 Å². The van der Waals surface area contributed by atoms with Gasteiger partial charge in [-0.1, -0.05) is 12.1 Å². The second kappa shape index (κ2) is 5.26. The van der Waals surface area contributed by atoms with E-state index >= 15 is 0 Å². The second-order valence-electron chi connectivity index (χ2n) is 6.14. The number of para-hydroxylation sites is 2. The summed E-state index contributed by atoms with van der Waals surface area (Å²) in [6.07, 6.45) is 0.246. The predicted octanol–water partition coefficient (Wildman–Crippen LogP) is 0.351. The van der Waals surface area contributed by atoms with E-state index in [-0.39, 0.29) is 35.8 Å². The van der Waals surface area contributed by atoms with Gasteiger partial charge in [0.2, 0.25) is 5.91 Å². The van der Waals surface area contributed by atoms with Crippen molar-refractivity contribution in [2.24, 2.45) is 11.8 Å². The number of nitrogens with one attached hydrogen (secondary N) is 1. The molecule has 2 aliphatic heterocycles. The van der Waals surface area contributed by atoms with E-state index in [0.717, 1.165) is 11.0 Å². The average Bonchev–Trinajstić information content (AvgIpc) is 3.19. The van der Waals surface area contributed by atoms with Crippen LogP contribution in [0.25, 0.3) is 11.0 Å². The highest BCUT2D eigenvalue weighted by Crippen LogP contribution is 2.30. The molecular weight excluding hydrogens is 298 g/mol. The summed E-state index contributed by atoms with van der Waals surface area (Å²) in [5.74, 6) is -0.264. The molecular formula is C16H17N3O4. The molecule has 1 aromatic carbocycles. The smallest absolute Gasteiger partial charge is 0.326 e. The van der Waals surface area contributed by atoms with Gasteiger partial charge in [-0.2, -0.15) is 0 Å². The van der Waals surface area contributed by atoms with Crippen LogP contribution in [0, 0.1) is 11.8 Å². The summed E-state index contributed by atoms with van der Waals surface area (Å²) in [5.41, 5.74) is 1.36. The van der Waals surface area contributed by atoms with Gasteiger partial charge >= 0.3 is 11.7 Å². The molecule has 1 amide bonds. The molecule has 0 unspecified atom stereocenters. The number of rotatable bonds is 3. The number of esters is 1. The van der Waals surface area contributed by atoms with Gasteiger partial charge in [0.1, 0.15) is 0 Å². The van der Waals surface area contributed by atoms with Gasteiger partial charge < -0.3 is 14.6 Å². The SMILES string of the molecule is O=C1OC[C@H]2CN(C(=O)CCn3c(=O)[nH]c4ccccc43)C[C@@H]12. The normalized spacial score (nSPS) is 23.3. The number of aryl methyl sites for hydroxylation is 1. The number of cyclic esters (lactones) is 1. The molecule has 2 aromatic rings. The molecule has 4 rings (SSSR count). The van der Waals surface area contributed by atoms with Gasteiger partial charge in [0, 0.05) is 32.0 Å². The minimum absolute atomic E-state index is 0.0237. The van der Waals surface area contributed by atoms with Crippen molar-refractivity contribution in [3.8, 4) is 0 Å². The molecule has 1 N–H and O–H groups in total. The second-order valence-corrected chi connectivity index (χ2v) is 6.14. The number of fused-ring (bicyclic) bond motifs is 2. The van der Waals surface area contributed by atoms with Crippen LogP contribution < -0.4 is 5.69 Å². The number of aromatic amines is 1. The predicted molar refractivity (Wildman–Crippen MR) is 81.7 cm³/mol. The fraction of sp³-hybridized carbons (Fsp3) is 0.438. The molecule has 1 aromatic heterocycles. The Balaban J connectivity index is 1.45. The van der Waals surface area contributed by atoms with Crippen LogP contribution in [0.3, 0.4) is 0 Å². The number of carbonyl (C=O) groups excluding carboxylic acids is 2. The lowest BCUT2D eigenvalue weighted by Gasteiger charge is -2.17. The van der Waals surface area contributed by atoms with Crippen molar-refractivity contribution >= 4 is 22.9 Å². The van der Waals surface area contributed by atoms with Crippen LogP contribution in [0.1, 0.15) is 6.42 Å². The average molecular weight is 315 g/mol. The fourth-order valence-electron chi connectivity index (χ4n) is 3.50. The molecule has 0 bridgehead atoms. The Bertz CT molecular complexity index is 837. The number of amides is 1. The van der Waals surface area contributed by atoms with Crippen LogP contribution in [0.2, 0.25) is 0 Å². The van der Waals surface area contributed by atoms with E-state index in [1.165, 1.54) is 0 Å². The minimum Gasteiger partial charge on any atom is -0.465 e. The summed E-state index contributed by atoms with van der Waals surface area (Å²) >= 11 is 0. The minimum atomic E-state index is -0.208. The van der Waals surface area contributed by atoms with Crippen LogP contribution in [-0.4, -0.2) is 46.0 Å². The number of likely N-dealkylation sites (tertiary alicyclic amines) is 1. The highest BCUT2D eigenvalue weighted by molar-refractivity contribution is 5.81. The number of hydrogen-bond acceptors (Lipinski definition) is 4. The highest BCUT2D eigenvalue weighted by atomic mass is 16.5. The van der Waals surface area contributed by atoms with Crippen LogP contribution in [-0.2, 0) is 20.9 Å². The Morgan fingerprint density at radius 3 is 2.91 bits per heavy atom. The molecule has 0 spiro atoms. The number of imidazole rings is 1. The van der Waals surface area contributed by atoms with Gasteiger partial charge in [0.25, 0.3) is 0 Å². The molecule has 3 heterocycles. The summed E-state index contributed by atoms with van der Waals surface area (Å²) in [6, 6.07) is 7.41. The summed E-state index contributed by atoms with van der Waals surface area (Å²) < 4.78 is 6.59. The molecule has 120 valence electrons. The Morgan fingerprint density at radius 1 is 1.26 bits per heavy atom. The van der Waals surface area contributed by atoms with Crippen molar-refractivity contribution in [1.29, 1.82) is 0 Å². The molecule has 7 nitrogen and oxygen atoms in total. The zero-order chi connectivity index (χ0) is 16.0. The quantitative estimate of drug-likeness (QED) is 0.828. The number of ether oxygens (including phenoxy) is 1. The lowest BCUT2D eigenvalue weighted by molar-refractivity contribution is -0.142. The number of H-pyrrole nitrogens is 1. The third kappa shape index (κ3) is 2.32. The first kappa shape index (κ1) is 14.0. The first-order valence-corrected chi connectivity index (χ1v) is 7.75. The topological polar surface area (TPSA) is 84.4 Å². The number of nitrogens with zero attached hydrogens (tertiary/aromatic N) is 2. The van der Waals surface area contributed by atoms with Crippen molar-refractivity contribution in [3.63, 3.8) is 0 Å². The number of carbonyl (C=O) groups is 2. The highest BCUT2D eigenvalue weighted by Gasteiger charge is 2.45. The fourth-order valence-corrected chi connectivity index (χ4v) is 3.50. The lowest BCUT2D eigenvalue weighted by atomic mass is 10.0. The third-order valence-electron chi connectivity index (χ3n) is 4.77. The van der Waals surface area contributed by atoms with Crippen molar-refractivity contribution < 1.29 is 14.3 Å². The van der Waals surface area contributed by atoms with Crippen LogP contribution in [0.4, 0.5) is 0 Å². The van der Waals surface area contributed by atoms with E-state index in [9.17, 15) is 14.4 Å². The molecule has 23 heavy (non-hydrogen) atoms. The van der Waals surface area contributed by atoms with Gasteiger partial charge in [-0.3, -0.25) is 14.2 Å². The van der Waals surface area contributed by atoms with Crippen LogP contribution in [0.15, 0.2) is 29.1 Å². The Labute approximate surface area is 131 Å². The maximum Gasteiger partial charge on any atom is 0.326 e. The lowest BCUT2D eigenvalue weighted by Crippen LogP contribution is -2.32. The van der Waals surface area contributed by atoms with E-state index < -0.39 is 0 Å². The molecule has 7 heteroatoms. The number of hydrogen-bond donors (Lipinski definition) is 1. The zero-order valence-corrected chi connectivity index (χ0v) is 12.5. The number of benzene rings is 1. The summed E-state index contributed by atoms with van der Waals surface area (Å²) in [5, 5.41) is 0. The van der Waals surface area contributed by atoms with Crippen molar-refractivity contribution in [2.75, 3.05) is 19.7 Å². The van der Waals surface area contributed by atoms with Crippen LogP contribution >= 0.6 is 0 Å². The first-order valence-electron chi connectivity index (χ1n) is 7.75. The largest absolute Gasteiger partial charge is 0.465 e. The monoisotopic (exact) mass is 315 g/mol. The zero-order valence-electron chi connectivity index (χ0n) is 12.5. The molecule has 2 fully saturated rings. The summed E-state index contributed by atoms with van der Waals surface area (Å²) in [4.78, 5) is 40.4. The molecule has 2 aliphatic rings. The Morgan fingerprint density at radius 2 is 2.09 bits per heavy atom. The van der Waals surface area contributed by atoms with Gasteiger partial charge in [-0.15, -0.1) is 0 Å². The van der Waals surface area contributed by atoms with E-state index in [1.54, 1.807) is 9.47 Å². The summed E-state index contributed by atoms with van der Waals surface area (Å²) in [7, 11) is 0. The maximum absolute atomic E-state index is 12.4. The van der Waals surface area contributed by atoms with Gasteiger partial charge in [0.15, 0.2) is 0 Å². The van der Waals surface area contributed by atoms with Crippen molar-refractivity contribution in [1.82, 2.24) is 14.5 Å². The van der Waals surface area contributed by atoms with E-state index in [2.05, 4.69) is 4.98 Å². The molecule has 0 aliphatic carbocycles. The third-order valence-corrected chi connectivity index (χ3v) is 4.77. The standard InChI is InChI=1S/C16H17N3O4/c20-14(18-7-10-9-23-15(21)11(10)8-18)5-6-19-13-4-2-1-3-12(13)17-16(19)22/h1-4,10-11H,5-9H2,(H,17,22)/t10-,11-/m1/s1. The molecule has 2 saturated heterocycles. The van der Waals surface area contributed by atoms with Crippen molar-refractivity contribution in [3.05, 3.63) is 34.7 Å². The number of aromatic nitrogens is 2.